The second-order valence-corrected chi connectivity index (χ2v) is 5.10. The van der Waals surface area contributed by atoms with E-state index in [1.165, 1.54) is 6.07 Å². The fraction of sp³-hybridized carbons (Fsp3) is 0.500. The number of hydrogen-bond donors (Lipinski definition) is 1. The second-order valence-electron chi connectivity index (χ2n) is 5.10. The SMILES string of the molecule is CN(C)CCCNCCn1cnc2cc(F)c(F)cc21. The van der Waals surface area contributed by atoms with Crippen LogP contribution in [-0.4, -0.2) is 48.2 Å². The van der Waals surface area contributed by atoms with E-state index in [2.05, 4.69) is 15.2 Å². The van der Waals surface area contributed by atoms with Gasteiger partial charge in [0.15, 0.2) is 11.6 Å². The first-order valence-electron chi connectivity index (χ1n) is 6.73. The van der Waals surface area contributed by atoms with Gasteiger partial charge in [-0.1, -0.05) is 0 Å². The Balaban J connectivity index is 1.86. The first-order valence-corrected chi connectivity index (χ1v) is 6.73. The molecule has 0 fully saturated rings. The zero-order chi connectivity index (χ0) is 14.5. The zero-order valence-corrected chi connectivity index (χ0v) is 11.9. The summed E-state index contributed by atoms with van der Waals surface area (Å²) in [6, 6.07) is 2.33. The van der Waals surface area contributed by atoms with E-state index in [0.29, 0.717) is 17.6 Å². The Morgan fingerprint density at radius 2 is 1.95 bits per heavy atom. The molecule has 110 valence electrons. The maximum atomic E-state index is 13.2. The lowest BCUT2D eigenvalue weighted by molar-refractivity contribution is 0.393. The molecular formula is C14H20F2N4. The highest BCUT2D eigenvalue weighted by Crippen LogP contribution is 2.17. The second kappa shape index (κ2) is 6.76. The first kappa shape index (κ1) is 14.9. The molecule has 0 aliphatic rings. The van der Waals surface area contributed by atoms with Crippen molar-refractivity contribution in [1.82, 2.24) is 19.8 Å². The number of nitrogens with zero attached hydrogens (tertiary/aromatic N) is 3. The molecule has 0 aliphatic carbocycles. The van der Waals surface area contributed by atoms with Gasteiger partial charge in [0.1, 0.15) is 0 Å². The fourth-order valence-electron chi connectivity index (χ4n) is 2.08. The van der Waals surface area contributed by atoms with E-state index in [1.54, 1.807) is 6.33 Å². The van der Waals surface area contributed by atoms with Crippen molar-refractivity contribution in [2.24, 2.45) is 0 Å². The molecule has 1 heterocycles. The maximum absolute atomic E-state index is 13.2. The smallest absolute Gasteiger partial charge is 0.161 e. The third-order valence-corrected chi connectivity index (χ3v) is 3.15. The third-order valence-electron chi connectivity index (χ3n) is 3.15. The number of hydrogen-bond acceptors (Lipinski definition) is 3. The van der Waals surface area contributed by atoms with Crippen molar-refractivity contribution in [2.45, 2.75) is 13.0 Å². The lowest BCUT2D eigenvalue weighted by atomic mass is 10.3. The van der Waals surface area contributed by atoms with Crippen molar-refractivity contribution in [3.63, 3.8) is 0 Å². The summed E-state index contributed by atoms with van der Waals surface area (Å²) in [5.74, 6) is -1.69. The van der Waals surface area contributed by atoms with Gasteiger partial charge in [-0.15, -0.1) is 0 Å². The molecule has 0 spiro atoms. The maximum Gasteiger partial charge on any atom is 0.161 e. The molecule has 0 bridgehead atoms. The zero-order valence-electron chi connectivity index (χ0n) is 11.9. The minimum absolute atomic E-state index is 0.483. The Hall–Kier alpha value is -1.53. The molecule has 1 aromatic carbocycles. The van der Waals surface area contributed by atoms with Gasteiger partial charge in [-0.05, 0) is 33.6 Å². The summed E-state index contributed by atoms with van der Waals surface area (Å²) in [7, 11) is 4.09. The molecule has 0 aliphatic heterocycles. The average Bonchev–Trinajstić information content (AvgIpc) is 2.76. The molecule has 2 aromatic rings. The summed E-state index contributed by atoms with van der Waals surface area (Å²) in [5.41, 5.74) is 1.11. The number of benzene rings is 1. The summed E-state index contributed by atoms with van der Waals surface area (Å²) >= 11 is 0. The molecule has 6 heteroatoms. The first-order chi connectivity index (χ1) is 9.58. The lowest BCUT2D eigenvalue weighted by Gasteiger charge is -2.10. The molecule has 0 saturated heterocycles. The molecule has 0 unspecified atom stereocenters. The van der Waals surface area contributed by atoms with E-state index in [9.17, 15) is 8.78 Å². The molecular weight excluding hydrogens is 262 g/mol. The van der Waals surface area contributed by atoms with E-state index in [1.807, 2.05) is 18.7 Å². The van der Waals surface area contributed by atoms with Gasteiger partial charge in [0.05, 0.1) is 17.4 Å². The Morgan fingerprint density at radius 3 is 2.70 bits per heavy atom. The molecule has 1 aromatic heterocycles. The van der Waals surface area contributed by atoms with Crippen LogP contribution < -0.4 is 5.32 Å². The van der Waals surface area contributed by atoms with Crippen LogP contribution in [0.3, 0.4) is 0 Å². The van der Waals surface area contributed by atoms with Crippen molar-refractivity contribution in [1.29, 1.82) is 0 Å². The van der Waals surface area contributed by atoms with E-state index >= 15 is 0 Å². The summed E-state index contributed by atoms with van der Waals surface area (Å²) in [4.78, 5) is 6.22. The van der Waals surface area contributed by atoms with Crippen LogP contribution in [0.2, 0.25) is 0 Å². The van der Waals surface area contributed by atoms with E-state index < -0.39 is 11.6 Å². The highest BCUT2D eigenvalue weighted by Gasteiger charge is 2.08. The van der Waals surface area contributed by atoms with Gasteiger partial charge in [-0.3, -0.25) is 0 Å². The molecule has 0 atom stereocenters. The van der Waals surface area contributed by atoms with Crippen LogP contribution in [0.15, 0.2) is 18.5 Å². The predicted octanol–water partition coefficient (Wildman–Crippen LogP) is 1.86. The molecule has 20 heavy (non-hydrogen) atoms. The van der Waals surface area contributed by atoms with Gasteiger partial charge in [-0.25, -0.2) is 13.8 Å². The topological polar surface area (TPSA) is 33.1 Å². The van der Waals surface area contributed by atoms with E-state index in [-0.39, 0.29) is 0 Å². The standard InChI is InChI=1S/C14H20F2N4/c1-19(2)6-3-4-17-5-7-20-10-18-13-8-11(15)12(16)9-14(13)20/h8-10,17H,3-7H2,1-2H3. The normalized spacial score (nSPS) is 11.7. The van der Waals surface area contributed by atoms with Crippen LogP contribution in [0.4, 0.5) is 8.78 Å². The van der Waals surface area contributed by atoms with Crippen molar-refractivity contribution in [3.05, 3.63) is 30.1 Å². The highest BCUT2D eigenvalue weighted by atomic mass is 19.2. The summed E-state index contributed by atoms with van der Waals surface area (Å²) < 4.78 is 28.1. The minimum atomic E-state index is -0.857. The van der Waals surface area contributed by atoms with Crippen molar-refractivity contribution >= 4 is 11.0 Å². The van der Waals surface area contributed by atoms with Crippen molar-refractivity contribution in [3.8, 4) is 0 Å². The summed E-state index contributed by atoms with van der Waals surface area (Å²) in [6.07, 6.45) is 2.70. The predicted molar refractivity (Wildman–Crippen MR) is 75.7 cm³/mol. The average molecular weight is 282 g/mol. The molecule has 0 radical (unpaired) electrons. The largest absolute Gasteiger partial charge is 0.329 e. The van der Waals surface area contributed by atoms with Gasteiger partial charge in [0.2, 0.25) is 0 Å². The summed E-state index contributed by atoms with van der Waals surface area (Å²) in [5, 5.41) is 3.33. The Labute approximate surface area is 117 Å². The van der Waals surface area contributed by atoms with Crippen LogP contribution in [0.5, 0.6) is 0 Å². The minimum Gasteiger partial charge on any atom is -0.329 e. The number of nitrogens with one attached hydrogen (secondary N) is 1. The Kier molecular flexibility index (Phi) is 5.03. The molecule has 0 amide bonds. The molecule has 4 nitrogen and oxygen atoms in total. The van der Waals surface area contributed by atoms with Crippen LogP contribution in [0, 0.1) is 11.6 Å². The van der Waals surface area contributed by atoms with Crippen molar-refractivity contribution in [2.75, 3.05) is 33.7 Å². The third kappa shape index (κ3) is 3.74. The van der Waals surface area contributed by atoms with Gasteiger partial charge in [0, 0.05) is 25.2 Å². The lowest BCUT2D eigenvalue weighted by Crippen LogP contribution is -2.24. The van der Waals surface area contributed by atoms with Crippen LogP contribution in [0.1, 0.15) is 6.42 Å². The molecule has 1 N–H and O–H groups in total. The van der Waals surface area contributed by atoms with E-state index in [4.69, 9.17) is 0 Å². The fourth-order valence-corrected chi connectivity index (χ4v) is 2.08. The van der Waals surface area contributed by atoms with Crippen LogP contribution in [-0.2, 0) is 6.54 Å². The number of halogens is 2. The quantitative estimate of drug-likeness (QED) is 0.787. The highest BCUT2D eigenvalue weighted by molar-refractivity contribution is 5.75. The van der Waals surface area contributed by atoms with Crippen LogP contribution in [0.25, 0.3) is 11.0 Å². The summed E-state index contributed by atoms with van der Waals surface area (Å²) in [6.45, 7) is 3.45. The number of fused-ring (bicyclic) bond motifs is 1. The monoisotopic (exact) mass is 282 g/mol. The number of rotatable bonds is 7. The molecule has 2 rings (SSSR count). The van der Waals surface area contributed by atoms with Crippen LogP contribution >= 0.6 is 0 Å². The Bertz CT molecular complexity index is 566. The molecule has 0 saturated carbocycles. The van der Waals surface area contributed by atoms with Gasteiger partial charge in [0.25, 0.3) is 0 Å². The van der Waals surface area contributed by atoms with E-state index in [0.717, 1.165) is 32.1 Å². The van der Waals surface area contributed by atoms with Crippen molar-refractivity contribution < 1.29 is 8.78 Å². The van der Waals surface area contributed by atoms with Gasteiger partial charge < -0.3 is 14.8 Å². The number of aromatic nitrogens is 2. The van der Waals surface area contributed by atoms with Gasteiger partial charge >= 0.3 is 0 Å². The Morgan fingerprint density at radius 1 is 1.20 bits per heavy atom. The van der Waals surface area contributed by atoms with Gasteiger partial charge in [-0.2, -0.15) is 0 Å². The number of imidazole rings is 1.